The first-order chi connectivity index (χ1) is 13.5. The lowest BCUT2D eigenvalue weighted by Crippen LogP contribution is -2.32. The molecule has 0 aliphatic carbocycles. The summed E-state index contributed by atoms with van der Waals surface area (Å²) in [5.41, 5.74) is -1.21. The summed E-state index contributed by atoms with van der Waals surface area (Å²) in [6.07, 6.45) is 0.112. The third-order valence-electron chi connectivity index (χ3n) is 5.39. The van der Waals surface area contributed by atoms with Crippen molar-refractivity contribution in [2.24, 2.45) is 0 Å². The average Bonchev–Trinajstić information content (AvgIpc) is 2.98. The van der Waals surface area contributed by atoms with Crippen LogP contribution in [-0.2, 0) is 10.2 Å². The molecule has 1 atom stereocenters. The van der Waals surface area contributed by atoms with Crippen molar-refractivity contribution < 1.29 is 28.6 Å². The molecule has 3 aromatic rings. The molecule has 29 heavy (non-hydrogen) atoms. The van der Waals surface area contributed by atoms with Gasteiger partial charge in [0.25, 0.3) is 5.91 Å². The van der Waals surface area contributed by atoms with Crippen molar-refractivity contribution in [2.45, 2.75) is 32.6 Å². The predicted octanol–water partition coefficient (Wildman–Crippen LogP) is 5.03. The Labute approximate surface area is 170 Å². The topological polar surface area (TPSA) is 79.5 Å². The third-order valence-corrected chi connectivity index (χ3v) is 5.69. The summed E-state index contributed by atoms with van der Waals surface area (Å²) in [5.74, 6) is -4.35. The van der Waals surface area contributed by atoms with Crippen LogP contribution < -0.4 is 0 Å². The standard InChI is InChI=1S/C21H18ClF2NO4/c1-4-21(3,20(28)29)17-10(2)25(14-7-8-15(26)18(24)16(14)17)19(27)11-5-6-12(22)13(23)9-11/h5-9,26H,4H2,1-3H3,(H,28,29)/t21-/m1/s1. The van der Waals surface area contributed by atoms with E-state index in [1.54, 1.807) is 6.92 Å². The molecule has 1 aromatic heterocycles. The Kier molecular flexibility index (Phi) is 5.13. The van der Waals surface area contributed by atoms with Gasteiger partial charge in [-0.3, -0.25) is 14.2 Å². The monoisotopic (exact) mass is 421 g/mol. The number of carboxylic acids is 1. The van der Waals surface area contributed by atoms with Crippen molar-refractivity contribution in [1.82, 2.24) is 4.57 Å². The Hall–Kier alpha value is -2.93. The number of nitrogens with zero attached hydrogens (tertiary/aromatic N) is 1. The molecule has 0 fully saturated rings. The number of phenols is 1. The molecule has 2 aromatic carbocycles. The summed E-state index contributed by atoms with van der Waals surface area (Å²) in [7, 11) is 0. The highest BCUT2D eigenvalue weighted by Gasteiger charge is 2.40. The van der Waals surface area contributed by atoms with Crippen LogP contribution >= 0.6 is 11.6 Å². The van der Waals surface area contributed by atoms with E-state index in [0.29, 0.717) is 0 Å². The molecule has 0 spiro atoms. The van der Waals surface area contributed by atoms with Gasteiger partial charge in [0.05, 0.1) is 16.0 Å². The summed E-state index contributed by atoms with van der Waals surface area (Å²) in [6, 6.07) is 5.92. The lowest BCUT2D eigenvalue weighted by Gasteiger charge is -2.24. The van der Waals surface area contributed by atoms with E-state index < -0.39 is 34.7 Å². The van der Waals surface area contributed by atoms with Crippen molar-refractivity contribution in [3.05, 3.63) is 63.8 Å². The maximum Gasteiger partial charge on any atom is 0.313 e. The van der Waals surface area contributed by atoms with Crippen molar-refractivity contribution in [2.75, 3.05) is 0 Å². The van der Waals surface area contributed by atoms with Crippen LogP contribution in [0.5, 0.6) is 5.75 Å². The number of rotatable bonds is 4. The average molecular weight is 422 g/mol. The normalized spacial score (nSPS) is 13.4. The van der Waals surface area contributed by atoms with Gasteiger partial charge in [0.1, 0.15) is 5.82 Å². The molecule has 3 rings (SSSR count). The van der Waals surface area contributed by atoms with Gasteiger partial charge < -0.3 is 10.2 Å². The van der Waals surface area contributed by atoms with Gasteiger partial charge in [-0.1, -0.05) is 18.5 Å². The quantitative estimate of drug-likeness (QED) is 0.619. The van der Waals surface area contributed by atoms with E-state index in [4.69, 9.17) is 11.6 Å². The van der Waals surface area contributed by atoms with Crippen LogP contribution in [0, 0.1) is 18.6 Å². The number of phenolic OH excluding ortho intramolecular Hbond substituents is 1. The number of carbonyl (C=O) groups excluding carboxylic acids is 1. The maximum absolute atomic E-state index is 14.9. The number of aromatic nitrogens is 1. The summed E-state index contributed by atoms with van der Waals surface area (Å²) in [6.45, 7) is 4.55. The second kappa shape index (κ2) is 7.15. The Bertz CT molecular complexity index is 1170. The van der Waals surface area contributed by atoms with Gasteiger partial charge in [0.2, 0.25) is 0 Å². The molecule has 0 unspecified atom stereocenters. The van der Waals surface area contributed by atoms with E-state index in [9.17, 15) is 28.6 Å². The zero-order valence-corrected chi connectivity index (χ0v) is 16.6. The predicted molar refractivity (Wildman–Crippen MR) is 105 cm³/mol. The van der Waals surface area contributed by atoms with Gasteiger partial charge in [-0.15, -0.1) is 0 Å². The number of hydrogen-bond donors (Lipinski definition) is 2. The summed E-state index contributed by atoms with van der Waals surface area (Å²) in [5, 5.41) is 19.4. The number of aromatic hydroxyl groups is 1. The molecule has 5 nitrogen and oxygen atoms in total. The van der Waals surface area contributed by atoms with Crippen molar-refractivity contribution in [3.8, 4) is 5.75 Å². The van der Waals surface area contributed by atoms with Crippen LogP contribution in [0.4, 0.5) is 8.78 Å². The lowest BCUT2D eigenvalue weighted by atomic mass is 9.78. The summed E-state index contributed by atoms with van der Waals surface area (Å²) < 4.78 is 29.9. The first kappa shape index (κ1) is 20.8. The molecule has 1 heterocycles. The fourth-order valence-corrected chi connectivity index (χ4v) is 3.70. The summed E-state index contributed by atoms with van der Waals surface area (Å²) >= 11 is 5.68. The molecule has 0 aliphatic heterocycles. The Morgan fingerprint density at radius 2 is 1.86 bits per heavy atom. The minimum absolute atomic E-state index is 0.0412. The third kappa shape index (κ3) is 3.06. The van der Waals surface area contributed by atoms with Crippen LogP contribution in [0.2, 0.25) is 5.02 Å². The zero-order valence-electron chi connectivity index (χ0n) is 15.9. The minimum Gasteiger partial charge on any atom is -0.505 e. The van der Waals surface area contributed by atoms with Crippen molar-refractivity contribution in [3.63, 3.8) is 0 Å². The van der Waals surface area contributed by atoms with Crippen LogP contribution in [-0.4, -0.2) is 26.7 Å². The first-order valence-electron chi connectivity index (χ1n) is 8.80. The Balaban J connectivity index is 2.42. The number of carboxylic acid groups (broad SMARTS) is 1. The fourth-order valence-electron chi connectivity index (χ4n) is 3.58. The van der Waals surface area contributed by atoms with Gasteiger partial charge in [-0.05, 0) is 50.6 Å². The van der Waals surface area contributed by atoms with Crippen LogP contribution in [0.25, 0.3) is 10.9 Å². The number of halogens is 3. The van der Waals surface area contributed by atoms with E-state index in [2.05, 4.69) is 0 Å². The SMILES string of the molecule is CC[C@@](C)(C(=O)O)c1c(C)n(C(=O)c2ccc(Cl)c(F)c2)c2ccc(O)c(F)c12. The highest BCUT2D eigenvalue weighted by atomic mass is 35.5. The molecular weight excluding hydrogens is 404 g/mol. The van der Waals surface area contributed by atoms with Crippen LogP contribution in [0.15, 0.2) is 30.3 Å². The number of carbonyl (C=O) groups is 2. The largest absolute Gasteiger partial charge is 0.505 e. The van der Waals surface area contributed by atoms with E-state index >= 15 is 0 Å². The highest BCUT2D eigenvalue weighted by Crippen LogP contribution is 2.41. The van der Waals surface area contributed by atoms with Gasteiger partial charge in [0, 0.05) is 22.2 Å². The maximum atomic E-state index is 14.9. The van der Waals surface area contributed by atoms with Crippen molar-refractivity contribution in [1.29, 1.82) is 0 Å². The molecule has 2 N–H and O–H groups in total. The van der Waals surface area contributed by atoms with E-state index in [1.165, 1.54) is 32.0 Å². The molecule has 0 bridgehead atoms. The molecular formula is C21H18ClF2NO4. The van der Waals surface area contributed by atoms with Gasteiger partial charge in [-0.2, -0.15) is 0 Å². The van der Waals surface area contributed by atoms with Gasteiger partial charge >= 0.3 is 5.97 Å². The molecule has 0 saturated heterocycles. The number of hydrogen-bond acceptors (Lipinski definition) is 3. The first-order valence-corrected chi connectivity index (χ1v) is 9.18. The van der Waals surface area contributed by atoms with Gasteiger partial charge in [-0.25, -0.2) is 8.78 Å². The van der Waals surface area contributed by atoms with E-state index in [-0.39, 0.29) is 39.2 Å². The Morgan fingerprint density at radius 1 is 1.21 bits per heavy atom. The molecule has 0 saturated carbocycles. The Morgan fingerprint density at radius 3 is 2.41 bits per heavy atom. The minimum atomic E-state index is -1.52. The molecule has 8 heteroatoms. The van der Waals surface area contributed by atoms with E-state index in [0.717, 1.165) is 16.7 Å². The second-order valence-electron chi connectivity index (χ2n) is 7.01. The van der Waals surface area contributed by atoms with Crippen LogP contribution in [0.3, 0.4) is 0 Å². The molecule has 0 amide bonds. The molecule has 0 radical (unpaired) electrons. The van der Waals surface area contributed by atoms with Gasteiger partial charge in [0.15, 0.2) is 11.6 Å². The molecule has 0 aliphatic rings. The molecule has 152 valence electrons. The fraction of sp³-hybridized carbons (Fsp3) is 0.238. The number of fused-ring (bicyclic) bond motifs is 1. The summed E-state index contributed by atoms with van der Waals surface area (Å²) in [4.78, 5) is 25.2. The van der Waals surface area contributed by atoms with Crippen LogP contribution in [0.1, 0.15) is 41.9 Å². The lowest BCUT2D eigenvalue weighted by molar-refractivity contribution is -0.143. The number of benzene rings is 2. The second-order valence-corrected chi connectivity index (χ2v) is 7.42. The van der Waals surface area contributed by atoms with E-state index in [1.807, 2.05) is 0 Å². The number of aliphatic carboxylic acids is 1. The van der Waals surface area contributed by atoms with Crippen molar-refractivity contribution >= 4 is 34.4 Å². The highest BCUT2D eigenvalue weighted by molar-refractivity contribution is 6.30. The smallest absolute Gasteiger partial charge is 0.313 e. The zero-order chi connectivity index (χ0) is 21.7.